The predicted octanol–water partition coefficient (Wildman–Crippen LogP) is 2.87. The number of alkyl halides is 3. The molecule has 0 bridgehead atoms. The van der Waals surface area contributed by atoms with Crippen molar-refractivity contribution >= 4 is 9.84 Å². The van der Waals surface area contributed by atoms with Gasteiger partial charge in [0.15, 0.2) is 9.84 Å². The van der Waals surface area contributed by atoms with Gasteiger partial charge in [-0.05, 0) is 37.9 Å². The number of halogens is 3. The lowest BCUT2D eigenvalue weighted by molar-refractivity contribution is -0.139. The zero-order valence-electron chi connectivity index (χ0n) is 11.8. The van der Waals surface area contributed by atoms with Crippen molar-refractivity contribution in [2.75, 3.05) is 7.05 Å². The largest absolute Gasteiger partial charge is 0.417 e. The Morgan fingerprint density at radius 2 is 1.81 bits per heavy atom. The van der Waals surface area contributed by atoms with Gasteiger partial charge in [0.05, 0.1) is 15.7 Å². The van der Waals surface area contributed by atoms with Gasteiger partial charge in [0, 0.05) is 6.04 Å². The van der Waals surface area contributed by atoms with Gasteiger partial charge < -0.3 is 5.32 Å². The predicted molar refractivity (Wildman–Crippen MR) is 73.7 cm³/mol. The summed E-state index contributed by atoms with van der Waals surface area (Å²) in [5, 5.41) is 2.25. The molecular weight excluding hydrogens is 303 g/mol. The molecule has 0 amide bonds. The lowest BCUT2D eigenvalue weighted by Gasteiger charge is -2.22. The minimum absolute atomic E-state index is 0.0165. The number of hydrogen-bond acceptors (Lipinski definition) is 3. The van der Waals surface area contributed by atoms with Crippen LogP contribution in [0.4, 0.5) is 13.2 Å². The molecule has 0 spiro atoms. The third-order valence-electron chi connectivity index (χ3n) is 4.25. The Balaban J connectivity index is 2.47. The van der Waals surface area contributed by atoms with Gasteiger partial charge in [0.25, 0.3) is 0 Å². The fourth-order valence-electron chi connectivity index (χ4n) is 3.09. The molecule has 118 valence electrons. The molecule has 21 heavy (non-hydrogen) atoms. The Hall–Kier alpha value is -1.08. The summed E-state index contributed by atoms with van der Waals surface area (Å²) in [6.45, 7) is 1.77. The molecule has 1 aromatic carbocycles. The highest BCUT2D eigenvalue weighted by atomic mass is 32.2. The maximum absolute atomic E-state index is 13.0. The molecule has 1 N–H and O–H groups in total. The summed E-state index contributed by atoms with van der Waals surface area (Å²) in [7, 11) is -2.27. The zero-order chi connectivity index (χ0) is 15.8. The Morgan fingerprint density at radius 1 is 1.19 bits per heavy atom. The third kappa shape index (κ3) is 2.94. The molecule has 0 aliphatic heterocycles. The third-order valence-corrected chi connectivity index (χ3v) is 6.68. The zero-order valence-corrected chi connectivity index (χ0v) is 12.6. The van der Waals surface area contributed by atoms with Crippen molar-refractivity contribution in [3.63, 3.8) is 0 Å². The minimum Gasteiger partial charge on any atom is -0.317 e. The van der Waals surface area contributed by atoms with Crippen molar-refractivity contribution in [1.82, 2.24) is 5.32 Å². The van der Waals surface area contributed by atoms with Crippen LogP contribution in [-0.2, 0) is 16.0 Å². The Morgan fingerprint density at radius 3 is 2.33 bits per heavy atom. The summed E-state index contributed by atoms with van der Waals surface area (Å²) in [6.07, 6.45) is -3.65. The first-order valence-corrected chi connectivity index (χ1v) is 8.31. The molecule has 7 heteroatoms. The molecule has 1 aromatic rings. The monoisotopic (exact) mass is 321 g/mol. The molecule has 0 radical (unpaired) electrons. The van der Waals surface area contributed by atoms with E-state index < -0.39 is 31.7 Å². The number of nitrogens with one attached hydrogen (secondary N) is 1. The average Bonchev–Trinajstić information content (AvgIpc) is 2.79. The Labute approximate surface area is 122 Å². The molecule has 1 aliphatic rings. The molecule has 3 atom stereocenters. The van der Waals surface area contributed by atoms with Gasteiger partial charge in [-0.1, -0.05) is 19.1 Å². The fraction of sp³-hybridized carbons (Fsp3) is 0.571. The van der Waals surface area contributed by atoms with E-state index in [1.165, 1.54) is 12.1 Å². The van der Waals surface area contributed by atoms with E-state index >= 15 is 0 Å². The van der Waals surface area contributed by atoms with E-state index in [1.807, 2.05) is 0 Å². The van der Waals surface area contributed by atoms with Crippen LogP contribution < -0.4 is 5.32 Å². The van der Waals surface area contributed by atoms with Crippen LogP contribution in [0.3, 0.4) is 0 Å². The van der Waals surface area contributed by atoms with Crippen molar-refractivity contribution in [3.05, 3.63) is 29.8 Å². The summed E-state index contributed by atoms with van der Waals surface area (Å²) >= 11 is 0. The van der Waals surface area contributed by atoms with Crippen LogP contribution in [-0.4, -0.2) is 26.8 Å². The first-order chi connectivity index (χ1) is 9.69. The molecule has 0 aromatic heterocycles. The van der Waals surface area contributed by atoms with Crippen LogP contribution in [0.25, 0.3) is 0 Å². The number of sulfone groups is 1. The van der Waals surface area contributed by atoms with Crippen molar-refractivity contribution in [2.45, 2.75) is 42.1 Å². The lowest BCUT2D eigenvalue weighted by Crippen LogP contribution is -2.34. The van der Waals surface area contributed by atoms with Crippen molar-refractivity contribution < 1.29 is 21.6 Å². The maximum atomic E-state index is 13.0. The van der Waals surface area contributed by atoms with Gasteiger partial charge in [-0.25, -0.2) is 8.42 Å². The number of rotatable bonds is 3. The van der Waals surface area contributed by atoms with E-state index in [2.05, 4.69) is 5.32 Å². The van der Waals surface area contributed by atoms with Crippen LogP contribution in [0.2, 0.25) is 0 Å². The summed E-state index contributed by atoms with van der Waals surface area (Å²) in [5.74, 6) is -0.221. The normalized spacial score (nSPS) is 27.0. The van der Waals surface area contributed by atoms with Gasteiger partial charge in [0.1, 0.15) is 0 Å². The second-order valence-corrected chi connectivity index (χ2v) is 7.54. The van der Waals surface area contributed by atoms with Crippen LogP contribution in [0.1, 0.15) is 25.3 Å². The van der Waals surface area contributed by atoms with Crippen molar-refractivity contribution in [1.29, 1.82) is 0 Å². The quantitative estimate of drug-likeness (QED) is 0.931. The summed E-state index contributed by atoms with van der Waals surface area (Å²) in [6, 6.07) is 4.43. The Bertz CT molecular complexity index is 613. The second kappa shape index (κ2) is 5.61. The van der Waals surface area contributed by atoms with E-state index in [4.69, 9.17) is 0 Å². The molecule has 1 aliphatic carbocycles. The van der Waals surface area contributed by atoms with Crippen LogP contribution in [0.15, 0.2) is 29.2 Å². The first kappa shape index (κ1) is 16.3. The molecule has 3 unspecified atom stereocenters. The maximum Gasteiger partial charge on any atom is 0.417 e. The SMILES string of the molecule is CNC1CCC(S(=O)(=O)c2ccccc2C(F)(F)F)C1C. The van der Waals surface area contributed by atoms with E-state index in [0.29, 0.717) is 12.8 Å². The number of hydrogen-bond donors (Lipinski definition) is 1. The minimum atomic E-state index is -4.67. The Kier molecular flexibility index (Phi) is 4.35. The molecule has 2 rings (SSSR count). The number of benzene rings is 1. The topological polar surface area (TPSA) is 46.2 Å². The van der Waals surface area contributed by atoms with Gasteiger partial charge in [-0.2, -0.15) is 13.2 Å². The van der Waals surface area contributed by atoms with E-state index in [-0.39, 0.29) is 12.0 Å². The average molecular weight is 321 g/mol. The van der Waals surface area contributed by atoms with Gasteiger partial charge in [-0.3, -0.25) is 0 Å². The van der Waals surface area contributed by atoms with Crippen molar-refractivity contribution in [2.24, 2.45) is 5.92 Å². The fourth-order valence-corrected chi connectivity index (χ4v) is 5.37. The van der Waals surface area contributed by atoms with Crippen molar-refractivity contribution in [3.8, 4) is 0 Å². The van der Waals surface area contributed by atoms with Crippen LogP contribution in [0.5, 0.6) is 0 Å². The van der Waals surface area contributed by atoms with E-state index in [9.17, 15) is 21.6 Å². The van der Waals surface area contributed by atoms with Gasteiger partial charge in [0.2, 0.25) is 0 Å². The van der Waals surface area contributed by atoms with Gasteiger partial charge in [-0.15, -0.1) is 0 Å². The summed E-state index contributed by atoms with van der Waals surface area (Å²) < 4.78 is 64.4. The highest BCUT2D eigenvalue weighted by molar-refractivity contribution is 7.92. The second-order valence-electron chi connectivity index (χ2n) is 5.41. The lowest BCUT2D eigenvalue weighted by atomic mass is 10.1. The highest BCUT2D eigenvalue weighted by Gasteiger charge is 2.44. The van der Waals surface area contributed by atoms with E-state index in [1.54, 1.807) is 14.0 Å². The molecule has 1 fully saturated rings. The summed E-state index contributed by atoms with van der Waals surface area (Å²) in [4.78, 5) is -0.605. The molecule has 0 heterocycles. The first-order valence-electron chi connectivity index (χ1n) is 6.77. The highest BCUT2D eigenvalue weighted by Crippen LogP contribution is 2.39. The van der Waals surface area contributed by atoms with Gasteiger partial charge >= 0.3 is 6.18 Å². The van der Waals surface area contributed by atoms with Crippen LogP contribution in [0, 0.1) is 5.92 Å². The summed E-state index contributed by atoms with van der Waals surface area (Å²) in [5.41, 5.74) is -1.08. The van der Waals surface area contributed by atoms with Crippen LogP contribution >= 0.6 is 0 Å². The smallest absolute Gasteiger partial charge is 0.317 e. The van der Waals surface area contributed by atoms with E-state index in [0.717, 1.165) is 12.1 Å². The molecular formula is C14H18F3NO2S. The molecule has 3 nitrogen and oxygen atoms in total. The molecule has 1 saturated carbocycles. The standard InChI is InChI=1S/C14H18F3NO2S/c1-9-11(18-2)7-8-12(9)21(19,20)13-6-4-3-5-10(13)14(15,16)17/h3-6,9,11-12,18H,7-8H2,1-2H3. The molecule has 0 saturated heterocycles.